The smallest absolute Gasteiger partial charge is 0.337 e. The first kappa shape index (κ1) is 12.4. The molecular formula is C6H11F3N2OS. The number of urea groups is 1. The van der Waals surface area contributed by atoms with Gasteiger partial charge in [-0.05, 0) is 6.26 Å². The first-order valence-electron chi connectivity index (χ1n) is 3.53. The molecule has 0 rings (SSSR count). The fraction of sp³-hybridized carbons (Fsp3) is 0.833. The van der Waals surface area contributed by atoms with Crippen LogP contribution in [0.5, 0.6) is 0 Å². The Morgan fingerprint density at radius 2 is 2.00 bits per heavy atom. The van der Waals surface area contributed by atoms with Crippen molar-refractivity contribution in [2.45, 2.75) is 6.18 Å². The molecule has 2 N–H and O–H groups in total. The van der Waals surface area contributed by atoms with Crippen LogP contribution >= 0.6 is 11.8 Å². The second-order valence-corrected chi connectivity index (χ2v) is 3.20. The Morgan fingerprint density at radius 1 is 1.38 bits per heavy atom. The Labute approximate surface area is 78.4 Å². The van der Waals surface area contributed by atoms with Crippen molar-refractivity contribution >= 4 is 17.8 Å². The number of nitrogens with one attached hydrogen (secondary N) is 2. The molecule has 0 saturated heterocycles. The summed E-state index contributed by atoms with van der Waals surface area (Å²) in [6.45, 7) is -0.928. The maximum Gasteiger partial charge on any atom is 0.405 e. The molecule has 7 heteroatoms. The van der Waals surface area contributed by atoms with Crippen LogP contribution < -0.4 is 10.6 Å². The molecule has 0 aromatic heterocycles. The SMILES string of the molecule is CSCCNC(=O)NCC(F)(F)F. The van der Waals surface area contributed by atoms with Crippen molar-refractivity contribution in [2.75, 3.05) is 25.1 Å². The van der Waals surface area contributed by atoms with Crippen LogP contribution in [0.1, 0.15) is 0 Å². The van der Waals surface area contributed by atoms with Gasteiger partial charge in [-0.15, -0.1) is 0 Å². The number of alkyl halides is 3. The van der Waals surface area contributed by atoms with E-state index in [-0.39, 0.29) is 0 Å². The lowest BCUT2D eigenvalue weighted by molar-refractivity contribution is -0.122. The van der Waals surface area contributed by atoms with Crippen LogP contribution in [0.15, 0.2) is 0 Å². The van der Waals surface area contributed by atoms with Gasteiger partial charge in [0.15, 0.2) is 0 Å². The summed E-state index contributed by atoms with van der Waals surface area (Å²) in [7, 11) is 0. The molecule has 0 aromatic carbocycles. The maximum atomic E-state index is 11.6. The second kappa shape index (κ2) is 5.95. The number of rotatable bonds is 4. The van der Waals surface area contributed by atoms with Gasteiger partial charge in [0.05, 0.1) is 0 Å². The molecular weight excluding hydrogens is 205 g/mol. The van der Waals surface area contributed by atoms with E-state index in [0.29, 0.717) is 12.3 Å². The summed E-state index contributed by atoms with van der Waals surface area (Å²) in [6, 6.07) is -0.786. The minimum absolute atomic E-state index is 0.366. The molecule has 2 amide bonds. The molecule has 78 valence electrons. The van der Waals surface area contributed by atoms with Gasteiger partial charge in [-0.2, -0.15) is 24.9 Å². The third-order valence-corrected chi connectivity index (χ3v) is 1.65. The fourth-order valence-electron chi connectivity index (χ4n) is 0.510. The van der Waals surface area contributed by atoms with Crippen LogP contribution in [-0.4, -0.2) is 37.3 Å². The van der Waals surface area contributed by atoms with Crippen molar-refractivity contribution in [3.05, 3.63) is 0 Å². The summed E-state index contributed by atoms with van der Waals surface area (Å²) in [5.41, 5.74) is 0. The minimum atomic E-state index is -4.35. The van der Waals surface area contributed by atoms with Gasteiger partial charge < -0.3 is 10.6 Å². The molecule has 0 saturated carbocycles. The van der Waals surface area contributed by atoms with Gasteiger partial charge in [0, 0.05) is 12.3 Å². The second-order valence-electron chi connectivity index (χ2n) is 2.22. The molecule has 0 aromatic rings. The molecule has 0 fully saturated rings. The zero-order valence-corrected chi connectivity index (χ0v) is 7.89. The highest BCUT2D eigenvalue weighted by atomic mass is 32.2. The molecule has 0 aliphatic rings. The number of carbonyl (C=O) groups is 1. The Hall–Kier alpha value is -0.590. The summed E-state index contributed by atoms with van der Waals surface area (Å²) >= 11 is 1.50. The van der Waals surface area contributed by atoms with Gasteiger partial charge >= 0.3 is 12.2 Å². The quantitative estimate of drug-likeness (QED) is 0.693. The van der Waals surface area contributed by atoms with E-state index in [2.05, 4.69) is 5.32 Å². The van der Waals surface area contributed by atoms with Gasteiger partial charge in [0.1, 0.15) is 6.54 Å². The van der Waals surface area contributed by atoms with Crippen molar-refractivity contribution < 1.29 is 18.0 Å². The normalized spacial score (nSPS) is 11.1. The average Bonchev–Trinajstić information content (AvgIpc) is 2.00. The maximum absolute atomic E-state index is 11.6. The van der Waals surface area contributed by atoms with E-state index in [9.17, 15) is 18.0 Å². The van der Waals surface area contributed by atoms with E-state index in [1.165, 1.54) is 11.8 Å². The van der Waals surface area contributed by atoms with Gasteiger partial charge in [-0.3, -0.25) is 0 Å². The van der Waals surface area contributed by atoms with Crippen molar-refractivity contribution in [3.8, 4) is 0 Å². The highest BCUT2D eigenvalue weighted by molar-refractivity contribution is 7.98. The predicted molar refractivity (Wildman–Crippen MR) is 45.8 cm³/mol. The third kappa shape index (κ3) is 9.32. The van der Waals surface area contributed by atoms with E-state index in [1.807, 2.05) is 6.26 Å². The zero-order chi connectivity index (χ0) is 10.3. The summed E-state index contributed by atoms with van der Waals surface area (Å²) in [6.07, 6.45) is -2.51. The van der Waals surface area contributed by atoms with Gasteiger partial charge in [-0.25, -0.2) is 4.79 Å². The van der Waals surface area contributed by atoms with Crippen molar-refractivity contribution in [1.82, 2.24) is 10.6 Å². The lowest BCUT2D eigenvalue weighted by atomic mass is 10.6. The summed E-state index contributed by atoms with van der Waals surface area (Å²) in [5, 5.41) is 3.98. The highest BCUT2D eigenvalue weighted by Gasteiger charge is 2.27. The van der Waals surface area contributed by atoms with Crippen LogP contribution in [0.25, 0.3) is 0 Å². The molecule has 0 atom stereocenters. The Balaban J connectivity index is 3.41. The Kier molecular flexibility index (Phi) is 5.68. The van der Waals surface area contributed by atoms with E-state index in [0.717, 1.165) is 0 Å². The lowest BCUT2D eigenvalue weighted by Gasteiger charge is -2.08. The molecule has 0 radical (unpaired) electrons. The largest absolute Gasteiger partial charge is 0.405 e. The van der Waals surface area contributed by atoms with Crippen molar-refractivity contribution in [1.29, 1.82) is 0 Å². The average molecular weight is 216 g/mol. The van der Waals surface area contributed by atoms with E-state index < -0.39 is 18.8 Å². The number of hydrogen-bond acceptors (Lipinski definition) is 2. The zero-order valence-electron chi connectivity index (χ0n) is 7.07. The van der Waals surface area contributed by atoms with Gasteiger partial charge in [0.2, 0.25) is 0 Å². The van der Waals surface area contributed by atoms with E-state index >= 15 is 0 Å². The molecule has 0 aliphatic carbocycles. The number of amides is 2. The van der Waals surface area contributed by atoms with Crippen LogP contribution in [-0.2, 0) is 0 Å². The number of carbonyl (C=O) groups excluding carboxylic acids is 1. The third-order valence-electron chi connectivity index (χ3n) is 1.04. The fourth-order valence-corrected chi connectivity index (χ4v) is 0.816. The standard InChI is InChI=1S/C6H11F3N2OS/c1-13-3-2-10-5(12)11-4-6(7,8)9/h2-4H2,1H3,(H2,10,11,12). The van der Waals surface area contributed by atoms with Gasteiger partial charge in [0.25, 0.3) is 0 Å². The van der Waals surface area contributed by atoms with Crippen LogP contribution in [0, 0.1) is 0 Å². The molecule has 3 nitrogen and oxygen atoms in total. The summed E-state index contributed by atoms with van der Waals surface area (Å²) in [5.74, 6) is 0.680. The first-order valence-corrected chi connectivity index (χ1v) is 4.92. The Morgan fingerprint density at radius 3 is 2.46 bits per heavy atom. The van der Waals surface area contributed by atoms with Crippen molar-refractivity contribution in [3.63, 3.8) is 0 Å². The molecule has 13 heavy (non-hydrogen) atoms. The first-order chi connectivity index (χ1) is 5.95. The molecule has 0 heterocycles. The molecule has 0 spiro atoms. The summed E-state index contributed by atoms with van der Waals surface area (Å²) < 4.78 is 34.7. The van der Waals surface area contributed by atoms with E-state index in [1.54, 1.807) is 5.32 Å². The van der Waals surface area contributed by atoms with Gasteiger partial charge in [-0.1, -0.05) is 0 Å². The van der Waals surface area contributed by atoms with Crippen LogP contribution in [0.4, 0.5) is 18.0 Å². The predicted octanol–water partition coefficient (Wildman–Crippen LogP) is 1.21. The highest BCUT2D eigenvalue weighted by Crippen LogP contribution is 2.11. The monoisotopic (exact) mass is 216 g/mol. The molecule has 0 unspecified atom stereocenters. The summed E-state index contributed by atoms with van der Waals surface area (Å²) in [4.78, 5) is 10.6. The van der Waals surface area contributed by atoms with Crippen molar-refractivity contribution in [2.24, 2.45) is 0 Å². The Bertz CT molecular complexity index is 162. The molecule has 0 bridgehead atoms. The van der Waals surface area contributed by atoms with E-state index in [4.69, 9.17) is 0 Å². The lowest BCUT2D eigenvalue weighted by Crippen LogP contribution is -2.41. The number of thioether (sulfide) groups is 1. The molecule has 0 aliphatic heterocycles. The minimum Gasteiger partial charge on any atom is -0.337 e. The topological polar surface area (TPSA) is 41.1 Å². The number of hydrogen-bond donors (Lipinski definition) is 2. The van der Waals surface area contributed by atoms with Crippen LogP contribution in [0.3, 0.4) is 0 Å². The van der Waals surface area contributed by atoms with Crippen LogP contribution in [0.2, 0.25) is 0 Å². The number of halogens is 3.